The van der Waals surface area contributed by atoms with E-state index >= 15 is 0 Å². The van der Waals surface area contributed by atoms with Gasteiger partial charge in [-0.05, 0) is 35.7 Å². The minimum Gasteiger partial charge on any atom is -0.381 e. The van der Waals surface area contributed by atoms with Crippen molar-refractivity contribution in [3.8, 4) is 0 Å². The van der Waals surface area contributed by atoms with E-state index in [1.807, 2.05) is 11.8 Å². The van der Waals surface area contributed by atoms with Gasteiger partial charge in [-0.1, -0.05) is 0 Å². The molecule has 0 N–H and O–H groups in total. The molecule has 1 aliphatic rings. The van der Waals surface area contributed by atoms with Crippen molar-refractivity contribution in [1.82, 2.24) is 0 Å². The smallest absolute Gasteiger partial charge is 0.293 e. The first-order chi connectivity index (χ1) is 9.54. The van der Waals surface area contributed by atoms with Gasteiger partial charge in [-0.15, -0.1) is 0 Å². The first-order valence-electron chi connectivity index (χ1n) is 6.52. The summed E-state index contributed by atoms with van der Waals surface area (Å²) in [5.41, 5.74) is 0.261. The van der Waals surface area contributed by atoms with Crippen LogP contribution in [0.4, 0.5) is 15.8 Å². The van der Waals surface area contributed by atoms with Crippen molar-refractivity contribution in [2.24, 2.45) is 0 Å². The molecule has 20 heavy (non-hydrogen) atoms. The average Bonchev–Trinajstić information content (AvgIpc) is 2.44. The van der Waals surface area contributed by atoms with Crippen molar-refractivity contribution >= 4 is 27.3 Å². The predicted molar refractivity (Wildman–Crippen MR) is 77.6 cm³/mol. The minimum atomic E-state index is -0.490. The molecule has 0 unspecified atom stereocenters. The van der Waals surface area contributed by atoms with Gasteiger partial charge in [0.15, 0.2) is 0 Å². The minimum absolute atomic E-state index is 0.0772. The number of anilines is 1. The van der Waals surface area contributed by atoms with Crippen LogP contribution in [0.15, 0.2) is 16.6 Å². The Balaban J connectivity index is 2.41. The van der Waals surface area contributed by atoms with Crippen LogP contribution in [0.1, 0.15) is 19.8 Å². The van der Waals surface area contributed by atoms with Crippen LogP contribution in [0.3, 0.4) is 0 Å². The molecule has 0 atom stereocenters. The fourth-order valence-electron chi connectivity index (χ4n) is 2.52. The zero-order valence-electron chi connectivity index (χ0n) is 11.1. The lowest BCUT2D eigenvalue weighted by molar-refractivity contribution is -0.384. The van der Waals surface area contributed by atoms with Gasteiger partial charge in [0, 0.05) is 37.9 Å². The van der Waals surface area contributed by atoms with E-state index in [0.717, 1.165) is 12.8 Å². The quantitative estimate of drug-likeness (QED) is 0.618. The number of halogens is 2. The standard InChI is InChI=1S/C13H16BrFN2O3/c1-2-16(9-3-5-20-6-4-9)12-8-11(15)10(14)7-13(12)17(18)19/h7-9H,2-6H2,1H3. The van der Waals surface area contributed by atoms with Gasteiger partial charge in [0.05, 0.1) is 9.40 Å². The van der Waals surface area contributed by atoms with E-state index in [0.29, 0.717) is 25.4 Å². The molecule has 110 valence electrons. The van der Waals surface area contributed by atoms with Crippen LogP contribution in [-0.4, -0.2) is 30.7 Å². The third-order valence-corrected chi connectivity index (χ3v) is 4.10. The van der Waals surface area contributed by atoms with E-state index in [-0.39, 0.29) is 16.2 Å². The summed E-state index contributed by atoms with van der Waals surface area (Å²) in [5.74, 6) is -0.490. The van der Waals surface area contributed by atoms with Gasteiger partial charge in [-0.3, -0.25) is 10.1 Å². The highest BCUT2D eigenvalue weighted by atomic mass is 79.9. The molecule has 0 aliphatic carbocycles. The predicted octanol–water partition coefficient (Wildman–Crippen LogP) is 3.50. The number of nitro groups is 1. The fraction of sp³-hybridized carbons (Fsp3) is 0.538. The van der Waals surface area contributed by atoms with Crippen molar-refractivity contribution in [1.29, 1.82) is 0 Å². The number of hydrogen-bond acceptors (Lipinski definition) is 4. The summed E-state index contributed by atoms with van der Waals surface area (Å²) in [6, 6.07) is 2.61. The molecule has 0 amide bonds. The van der Waals surface area contributed by atoms with Crippen LogP contribution in [0.5, 0.6) is 0 Å². The van der Waals surface area contributed by atoms with Crippen LogP contribution < -0.4 is 4.90 Å². The Morgan fingerprint density at radius 1 is 1.50 bits per heavy atom. The highest BCUT2D eigenvalue weighted by molar-refractivity contribution is 9.10. The lowest BCUT2D eigenvalue weighted by Crippen LogP contribution is -2.39. The van der Waals surface area contributed by atoms with Crippen LogP contribution in [-0.2, 0) is 4.74 Å². The van der Waals surface area contributed by atoms with Crippen LogP contribution in [0, 0.1) is 15.9 Å². The Kier molecular flexibility index (Phi) is 4.93. The van der Waals surface area contributed by atoms with Crippen molar-refractivity contribution < 1.29 is 14.1 Å². The van der Waals surface area contributed by atoms with Crippen LogP contribution in [0.25, 0.3) is 0 Å². The number of hydrogen-bond donors (Lipinski definition) is 0. The van der Waals surface area contributed by atoms with E-state index in [2.05, 4.69) is 15.9 Å². The van der Waals surface area contributed by atoms with Crippen molar-refractivity contribution in [2.75, 3.05) is 24.7 Å². The highest BCUT2D eigenvalue weighted by Gasteiger charge is 2.27. The van der Waals surface area contributed by atoms with E-state index in [9.17, 15) is 14.5 Å². The summed E-state index contributed by atoms with van der Waals surface area (Å²) in [7, 11) is 0. The van der Waals surface area contributed by atoms with Crippen LogP contribution in [0.2, 0.25) is 0 Å². The molecule has 1 fully saturated rings. The number of benzene rings is 1. The monoisotopic (exact) mass is 346 g/mol. The van der Waals surface area contributed by atoms with Gasteiger partial charge < -0.3 is 9.64 Å². The Labute approximate surface area is 125 Å². The van der Waals surface area contributed by atoms with Gasteiger partial charge in [0.2, 0.25) is 0 Å². The van der Waals surface area contributed by atoms with Crippen molar-refractivity contribution in [3.63, 3.8) is 0 Å². The number of nitro benzene ring substituents is 1. The largest absolute Gasteiger partial charge is 0.381 e. The molecule has 5 nitrogen and oxygen atoms in total. The molecule has 0 saturated carbocycles. The molecule has 1 heterocycles. The van der Waals surface area contributed by atoms with Gasteiger partial charge in [-0.25, -0.2) is 4.39 Å². The van der Waals surface area contributed by atoms with Crippen molar-refractivity contribution in [2.45, 2.75) is 25.8 Å². The number of rotatable bonds is 4. The normalized spacial score (nSPS) is 16.1. The Bertz CT molecular complexity index is 507. The first kappa shape index (κ1) is 15.2. The topological polar surface area (TPSA) is 55.6 Å². The van der Waals surface area contributed by atoms with Gasteiger partial charge in [-0.2, -0.15) is 0 Å². The maximum Gasteiger partial charge on any atom is 0.293 e. The summed E-state index contributed by atoms with van der Waals surface area (Å²) < 4.78 is 19.2. The Hall–Kier alpha value is -1.21. The molecule has 1 aliphatic heterocycles. The zero-order valence-corrected chi connectivity index (χ0v) is 12.7. The number of ether oxygens (including phenoxy) is 1. The summed E-state index contributed by atoms with van der Waals surface area (Å²) in [4.78, 5) is 12.6. The molecular weight excluding hydrogens is 331 g/mol. The third kappa shape index (κ3) is 3.09. The lowest BCUT2D eigenvalue weighted by Gasteiger charge is -2.35. The molecular formula is C13H16BrFN2O3. The third-order valence-electron chi connectivity index (χ3n) is 3.50. The number of nitrogens with zero attached hydrogens (tertiary/aromatic N) is 2. The SMILES string of the molecule is CCN(c1cc(F)c(Br)cc1[N+](=O)[O-])C1CCOCC1. The molecule has 0 bridgehead atoms. The molecule has 1 aromatic rings. The van der Waals surface area contributed by atoms with E-state index in [1.165, 1.54) is 12.1 Å². The molecule has 1 aromatic carbocycles. The summed E-state index contributed by atoms with van der Waals surface area (Å²) in [5, 5.41) is 11.2. The maximum atomic E-state index is 13.8. The molecule has 2 rings (SSSR count). The summed E-state index contributed by atoms with van der Waals surface area (Å²) >= 11 is 3.00. The highest BCUT2D eigenvalue weighted by Crippen LogP contribution is 2.35. The molecule has 1 saturated heterocycles. The lowest BCUT2D eigenvalue weighted by atomic mass is 10.1. The van der Waals surface area contributed by atoms with Gasteiger partial charge in [0.1, 0.15) is 11.5 Å². The Morgan fingerprint density at radius 2 is 2.15 bits per heavy atom. The van der Waals surface area contributed by atoms with Crippen molar-refractivity contribution in [3.05, 3.63) is 32.5 Å². The fourth-order valence-corrected chi connectivity index (χ4v) is 2.86. The molecule has 0 spiro atoms. The van der Waals surface area contributed by atoms with Gasteiger partial charge >= 0.3 is 0 Å². The van der Waals surface area contributed by atoms with Crippen LogP contribution >= 0.6 is 15.9 Å². The van der Waals surface area contributed by atoms with E-state index in [1.54, 1.807) is 0 Å². The van der Waals surface area contributed by atoms with E-state index in [4.69, 9.17) is 4.74 Å². The molecule has 0 radical (unpaired) electrons. The maximum absolute atomic E-state index is 13.8. The summed E-state index contributed by atoms with van der Waals surface area (Å²) in [6.45, 7) is 3.77. The second-order valence-corrected chi connectivity index (χ2v) is 5.50. The molecule has 7 heteroatoms. The second kappa shape index (κ2) is 6.49. The first-order valence-corrected chi connectivity index (χ1v) is 7.31. The molecule has 0 aromatic heterocycles. The van der Waals surface area contributed by atoms with E-state index < -0.39 is 10.7 Å². The zero-order chi connectivity index (χ0) is 14.7. The average molecular weight is 347 g/mol. The summed E-state index contributed by atoms with van der Waals surface area (Å²) in [6.07, 6.45) is 1.59. The van der Waals surface area contributed by atoms with Gasteiger partial charge in [0.25, 0.3) is 5.69 Å². The second-order valence-electron chi connectivity index (χ2n) is 4.64. The Morgan fingerprint density at radius 3 is 2.70 bits per heavy atom.